The van der Waals surface area contributed by atoms with Crippen LogP contribution >= 0.6 is 0 Å². The number of non-ortho nitro benzene ring substituents is 1. The van der Waals surface area contributed by atoms with Crippen molar-refractivity contribution in [3.8, 4) is 0 Å². The van der Waals surface area contributed by atoms with Gasteiger partial charge in [0.2, 0.25) is 0 Å². The average molecular weight is 415 g/mol. The SMILES string of the molecule is Cc1ccc(C)c(N2C(=O)N(Cc3cccc([N+](=O)[O-])c3)[C@H]3CS(=O)(=O)C[C@@H]32)c1. The zero-order chi connectivity index (χ0) is 20.9. The van der Waals surface area contributed by atoms with Gasteiger partial charge in [-0.3, -0.25) is 15.0 Å². The molecule has 0 spiro atoms. The van der Waals surface area contributed by atoms with E-state index in [1.54, 1.807) is 17.0 Å². The van der Waals surface area contributed by atoms with E-state index in [-0.39, 0.29) is 29.8 Å². The van der Waals surface area contributed by atoms with Gasteiger partial charge in [0.15, 0.2) is 9.84 Å². The zero-order valence-electron chi connectivity index (χ0n) is 16.1. The van der Waals surface area contributed by atoms with Crippen LogP contribution in [0.25, 0.3) is 0 Å². The normalized spacial score (nSPS) is 22.8. The van der Waals surface area contributed by atoms with Crippen LogP contribution in [-0.4, -0.2) is 47.9 Å². The van der Waals surface area contributed by atoms with E-state index in [1.807, 2.05) is 32.0 Å². The monoisotopic (exact) mass is 415 g/mol. The molecular formula is C20H21N3O5S. The second-order valence-electron chi connectivity index (χ2n) is 7.71. The first-order valence-electron chi connectivity index (χ1n) is 9.27. The van der Waals surface area contributed by atoms with E-state index < -0.39 is 26.8 Å². The van der Waals surface area contributed by atoms with Crippen molar-refractivity contribution in [2.24, 2.45) is 0 Å². The van der Waals surface area contributed by atoms with Crippen molar-refractivity contribution >= 4 is 27.2 Å². The molecule has 0 unspecified atom stereocenters. The highest BCUT2D eigenvalue weighted by atomic mass is 32.2. The van der Waals surface area contributed by atoms with Gasteiger partial charge in [0, 0.05) is 24.4 Å². The molecule has 0 radical (unpaired) electrons. The standard InChI is InChI=1S/C20H21N3O5S/c1-13-6-7-14(2)17(8-13)22-19-12-29(27,28)11-18(19)21(20(22)24)10-15-4-3-5-16(9-15)23(25)26/h3-9,18-19H,10-12H2,1-2H3/t18-,19-/m0/s1. The van der Waals surface area contributed by atoms with Gasteiger partial charge in [-0.25, -0.2) is 13.2 Å². The quantitative estimate of drug-likeness (QED) is 0.434. The Morgan fingerprint density at radius 2 is 1.83 bits per heavy atom. The number of nitro benzene ring substituents is 1. The number of benzene rings is 2. The van der Waals surface area contributed by atoms with Crippen molar-refractivity contribution in [2.45, 2.75) is 32.5 Å². The van der Waals surface area contributed by atoms with Gasteiger partial charge in [-0.1, -0.05) is 24.3 Å². The number of hydrogen-bond donors (Lipinski definition) is 0. The predicted molar refractivity (Wildman–Crippen MR) is 109 cm³/mol. The van der Waals surface area contributed by atoms with Gasteiger partial charge < -0.3 is 4.90 Å². The van der Waals surface area contributed by atoms with Gasteiger partial charge in [0.05, 0.1) is 28.5 Å². The lowest BCUT2D eigenvalue weighted by molar-refractivity contribution is -0.384. The summed E-state index contributed by atoms with van der Waals surface area (Å²) >= 11 is 0. The van der Waals surface area contributed by atoms with Gasteiger partial charge in [-0.05, 0) is 36.6 Å². The number of urea groups is 1. The van der Waals surface area contributed by atoms with Gasteiger partial charge in [0.25, 0.3) is 5.69 Å². The van der Waals surface area contributed by atoms with Crippen LogP contribution < -0.4 is 4.90 Å². The number of nitrogens with zero attached hydrogens (tertiary/aromatic N) is 3. The Labute approximate surface area is 168 Å². The minimum atomic E-state index is -3.28. The molecule has 2 aromatic carbocycles. The molecule has 0 saturated carbocycles. The van der Waals surface area contributed by atoms with Crippen molar-refractivity contribution in [2.75, 3.05) is 16.4 Å². The predicted octanol–water partition coefficient (Wildman–Crippen LogP) is 2.82. The number of sulfone groups is 1. The average Bonchev–Trinajstić information content (AvgIpc) is 3.08. The minimum absolute atomic E-state index is 0.0591. The number of carbonyl (C=O) groups excluding carboxylic acids is 1. The topological polar surface area (TPSA) is 101 Å². The first-order valence-corrected chi connectivity index (χ1v) is 11.1. The Kier molecular flexibility index (Phi) is 4.57. The summed E-state index contributed by atoms with van der Waals surface area (Å²) in [6.07, 6.45) is 0. The molecule has 152 valence electrons. The molecule has 2 amide bonds. The molecule has 9 heteroatoms. The van der Waals surface area contributed by atoms with Crippen LogP contribution in [0.15, 0.2) is 42.5 Å². The minimum Gasteiger partial charge on any atom is -0.314 e. The molecule has 2 heterocycles. The highest BCUT2D eigenvalue weighted by Gasteiger charge is 2.54. The molecule has 0 bridgehead atoms. The summed E-state index contributed by atoms with van der Waals surface area (Å²) in [5.41, 5.74) is 3.12. The smallest absolute Gasteiger partial charge is 0.314 e. The number of anilines is 1. The van der Waals surface area contributed by atoms with Gasteiger partial charge in [-0.15, -0.1) is 0 Å². The molecule has 0 aromatic heterocycles. The number of carbonyl (C=O) groups is 1. The molecule has 2 aromatic rings. The summed E-state index contributed by atoms with van der Waals surface area (Å²) < 4.78 is 24.7. The van der Waals surface area contributed by atoms with Crippen LogP contribution in [0, 0.1) is 24.0 Å². The lowest BCUT2D eigenvalue weighted by Gasteiger charge is -2.24. The van der Waals surface area contributed by atoms with Crippen LogP contribution in [-0.2, 0) is 16.4 Å². The van der Waals surface area contributed by atoms with E-state index >= 15 is 0 Å². The summed E-state index contributed by atoms with van der Waals surface area (Å²) in [5.74, 6) is -0.179. The van der Waals surface area contributed by atoms with E-state index in [1.165, 1.54) is 17.0 Å². The Hall–Kier alpha value is -2.94. The van der Waals surface area contributed by atoms with Gasteiger partial charge in [-0.2, -0.15) is 0 Å². The Morgan fingerprint density at radius 1 is 1.10 bits per heavy atom. The van der Waals surface area contributed by atoms with E-state index in [2.05, 4.69) is 0 Å². The Morgan fingerprint density at radius 3 is 2.55 bits per heavy atom. The fourth-order valence-corrected chi connectivity index (χ4v) is 6.14. The van der Waals surface area contributed by atoms with E-state index in [0.717, 1.165) is 11.1 Å². The van der Waals surface area contributed by atoms with Crippen LogP contribution in [0.1, 0.15) is 16.7 Å². The Balaban J connectivity index is 1.73. The lowest BCUT2D eigenvalue weighted by Crippen LogP contribution is -2.38. The molecule has 4 rings (SSSR count). The third kappa shape index (κ3) is 3.46. The molecule has 29 heavy (non-hydrogen) atoms. The summed E-state index contributed by atoms with van der Waals surface area (Å²) in [4.78, 5) is 27.1. The maximum Gasteiger partial charge on any atom is 0.325 e. The highest BCUT2D eigenvalue weighted by Crippen LogP contribution is 2.37. The first kappa shape index (κ1) is 19.4. The summed E-state index contributed by atoms with van der Waals surface area (Å²) in [6, 6.07) is 10.6. The fraction of sp³-hybridized carbons (Fsp3) is 0.350. The van der Waals surface area contributed by atoms with E-state index in [9.17, 15) is 23.3 Å². The van der Waals surface area contributed by atoms with Crippen molar-refractivity contribution in [1.29, 1.82) is 0 Å². The number of amides is 2. The lowest BCUT2D eigenvalue weighted by atomic mass is 10.1. The van der Waals surface area contributed by atoms with Crippen molar-refractivity contribution < 1.29 is 18.1 Å². The second kappa shape index (κ2) is 6.84. The Bertz CT molecular complexity index is 1110. The largest absolute Gasteiger partial charge is 0.325 e. The van der Waals surface area contributed by atoms with E-state index in [4.69, 9.17) is 0 Å². The van der Waals surface area contributed by atoms with Gasteiger partial charge in [0.1, 0.15) is 0 Å². The third-order valence-electron chi connectivity index (χ3n) is 5.58. The maximum absolute atomic E-state index is 13.3. The molecular weight excluding hydrogens is 394 g/mol. The van der Waals surface area contributed by atoms with Crippen LogP contribution in [0.2, 0.25) is 0 Å². The number of hydrogen-bond acceptors (Lipinski definition) is 5. The maximum atomic E-state index is 13.3. The summed E-state index contributed by atoms with van der Waals surface area (Å²) in [5, 5.41) is 11.1. The van der Waals surface area contributed by atoms with Crippen molar-refractivity contribution in [3.63, 3.8) is 0 Å². The van der Waals surface area contributed by atoms with Crippen LogP contribution in [0.5, 0.6) is 0 Å². The van der Waals surface area contributed by atoms with Crippen LogP contribution in [0.4, 0.5) is 16.2 Å². The molecule has 2 aliphatic heterocycles. The van der Waals surface area contributed by atoms with Crippen molar-refractivity contribution in [1.82, 2.24) is 4.90 Å². The molecule has 0 N–H and O–H groups in total. The molecule has 0 aliphatic carbocycles. The highest BCUT2D eigenvalue weighted by molar-refractivity contribution is 7.91. The fourth-order valence-electron chi connectivity index (χ4n) is 4.19. The number of aryl methyl sites for hydroxylation is 2. The molecule has 2 fully saturated rings. The molecule has 2 aliphatic rings. The number of nitro groups is 1. The molecule has 8 nitrogen and oxygen atoms in total. The zero-order valence-corrected chi connectivity index (χ0v) is 16.9. The third-order valence-corrected chi connectivity index (χ3v) is 7.27. The first-order chi connectivity index (χ1) is 13.7. The molecule has 2 atom stereocenters. The summed E-state index contributed by atoms with van der Waals surface area (Å²) in [7, 11) is -3.28. The van der Waals surface area contributed by atoms with Crippen molar-refractivity contribution in [3.05, 3.63) is 69.3 Å². The number of fused-ring (bicyclic) bond motifs is 1. The van der Waals surface area contributed by atoms with Crippen LogP contribution in [0.3, 0.4) is 0 Å². The number of rotatable bonds is 4. The molecule has 2 saturated heterocycles. The van der Waals surface area contributed by atoms with Gasteiger partial charge >= 0.3 is 6.03 Å². The summed E-state index contributed by atoms with van der Waals surface area (Å²) in [6.45, 7) is 3.94. The second-order valence-corrected chi connectivity index (χ2v) is 9.86. The van der Waals surface area contributed by atoms with E-state index in [0.29, 0.717) is 11.3 Å².